The van der Waals surface area contributed by atoms with Gasteiger partial charge in [-0.15, -0.1) is 0 Å². The fourth-order valence-electron chi connectivity index (χ4n) is 4.00. The lowest BCUT2D eigenvalue weighted by molar-refractivity contribution is -0.385. The first-order valence-corrected chi connectivity index (χ1v) is 12.1. The molecule has 1 heterocycles. The van der Waals surface area contributed by atoms with Crippen molar-refractivity contribution in [2.45, 2.75) is 20.0 Å². The Bertz CT molecular complexity index is 1450. The number of imide groups is 1. The molecule has 4 rings (SSSR count). The molecular formula is C28H26N4O7. The fourth-order valence-corrected chi connectivity index (χ4v) is 4.00. The van der Waals surface area contributed by atoms with Gasteiger partial charge in [-0.25, -0.2) is 9.69 Å². The maximum absolute atomic E-state index is 13.0. The van der Waals surface area contributed by atoms with Gasteiger partial charge in [-0.1, -0.05) is 55.5 Å². The Hall–Kier alpha value is -5.19. The van der Waals surface area contributed by atoms with Crippen LogP contribution in [-0.4, -0.2) is 41.3 Å². The number of amides is 4. The van der Waals surface area contributed by atoms with Gasteiger partial charge in [-0.3, -0.25) is 19.7 Å². The Morgan fingerprint density at radius 3 is 2.49 bits per heavy atom. The van der Waals surface area contributed by atoms with Crippen molar-refractivity contribution in [1.82, 2.24) is 10.2 Å². The molecular weight excluding hydrogens is 504 g/mol. The minimum atomic E-state index is -0.817. The van der Waals surface area contributed by atoms with Gasteiger partial charge in [0.05, 0.1) is 23.7 Å². The number of ether oxygens (including phenoxy) is 2. The van der Waals surface area contributed by atoms with Crippen LogP contribution in [-0.2, 0) is 22.6 Å². The van der Waals surface area contributed by atoms with Crippen molar-refractivity contribution >= 4 is 35.3 Å². The number of benzene rings is 3. The third-order valence-corrected chi connectivity index (χ3v) is 5.98. The van der Waals surface area contributed by atoms with Crippen LogP contribution in [0.15, 0.2) is 72.4 Å². The number of nitrogens with one attached hydrogen (secondary N) is 2. The maximum atomic E-state index is 13.0. The number of nitro benzene ring substituents is 1. The van der Waals surface area contributed by atoms with Crippen molar-refractivity contribution in [1.29, 1.82) is 0 Å². The van der Waals surface area contributed by atoms with Crippen molar-refractivity contribution < 1.29 is 28.8 Å². The van der Waals surface area contributed by atoms with Crippen LogP contribution in [0.5, 0.6) is 11.5 Å². The van der Waals surface area contributed by atoms with Crippen LogP contribution in [0.3, 0.4) is 0 Å². The summed E-state index contributed by atoms with van der Waals surface area (Å²) in [5.41, 5.74) is 1.78. The van der Waals surface area contributed by atoms with Crippen molar-refractivity contribution in [3.8, 4) is 11.5 Å². The summed E-state index contributed by atoms with van der Waals surface area (Å²) >= 11 is 0. The van der Waals surface area contributed by atoms with Gasteiger partial charge < -0.3 is 20.1 Å². The predicted octanol–water partition coefficient (Wildman–Crippen LogP) is 4.28. The Kier molecular flexibility index (Phi) is 8.20. The molecule has 0 saturated carbocycles. The Morgan fingerprint density at radius 1 is 1.08 bits per heavy atom. The number of para-hydroxylation sites is 1. The second-order valence-corrected chi connectivity index (χ2v) is 8.53. The topological polar surface area (TPSA) is 140 Å². The van der Waals surface area contributed by atoms with E-state index in [-0.39, 0.29) is 35.1 Å². The lowest BCUT2D eigenvalue weighted by Crippen LogP contribution is -2.38. The highest BCUT2D eigenvalue weighted by atomic mass is 16.6. The zero-order valence-electron chi connectivity index (χ0n) is 21.3. The molecule has 200 valence electrons. The van der Waals surface area contributed by atoms with Crippen LogP contribution in [0.25, 0.3) is 6.08 Å². The van der Waals surface area contributed by atoms with Crippen LogP contribution >= 0.6 is 0 Å². The number of carbonyl (C=O) groups excluding carboxylic acids is 3. The molecule has 0 spiro atoms. The van der Waals surface area contributed by atoms with E-state index in [0.29, 0.717) is 12.1 Å². The molecule has 1 fully saturated rings. The Morgan fingerprint density at radius 2 is 1.79 bits per heavy atom. The van der Waals surface area contributed by atoms with Gasteiger partial charge in [0.15, 0.2) is 11.5 Å². The van der Waals surface area contributed by atoms with Gasteiger partial charge in [0.25, 0.3) is 11.6 Å². The molecule has 3 aromatic carbocycles. The van der Waals surface area contributed by atoms with Crippen LogP contribution in [0.1, 0.15) is 23.6 Å². The van der Waals surface area contributed by atoms with Crippen molar-refractivity contribution in [3.05, 3.63) is 99.2 Å². The Labute approximate surface area is 224 Å². The molecule has 0 unspecified atom stereocenters. The standard InChI is InChI=1S/C28H26N4O7/c1-3-19-11-7-8-12-21(19)29-26(33)16-31-27(34)22(30-28(31)35)13-20-14-24(38-2)25(15-23(20)32(36)37)39-17-18-9-5-4-6-10-18/h4-15H,3,16-17H2,1-2H3,(H,29,33)(H,30,35)/b22-13+. The minimum absolute atomic E-state index is 0.00994. The van der Waals surface area contributed by atoms with Crippen LogP contribution in [0, 0.1) is 10.1 Å². The molecule has 0 bridgehead atoms. The molecule has 1 saturated heterocycles. The second-order valence-electron chi connectivity index (χ2n) is 8.53. The minimum Gasteiger partial charge on any atom is -0.493 e. The summed E-state index contributed by atoms with van der Waals surface area (Å²) in [5.74, 6) is -1.02. The average Bonchev–Trinajstić information content (AvgIpc) is 3.19. The van der Waals surface area contributed by atoms with E-state index in [1.54, 1.807) is 12.1 Å². The quantitative estimate of drug-likeness (QED) is 0.173. The van der Waals surface area contributed by atoms with Crippen molar-refractivity contribution in [2.24, 2.45) is 0 Å². The number of nitro groups is 1. The van der Waals surface area contributed by atoms with Crippen molar-refractivity contribution in [3.63, 3.8) is 0 Å². The van der Waals surface area contributed by atoms with Gasteiger partial charge in [-0.2, -0.15) is 0 Å². The molecule has 2 N–H and O–H groups in total. The van der Waals surface area contributed by atoms with Crippen LogP contribution in [0.2, 0.25) is 0 Å². The zero-order valence-corrected chi connectivity index (χ0v) is 21.3. The highest BCUT2D eigenvalue weighted by molar-refractivity contribution is 6.16. The maximum Gasteiger partial charge on any atom is 0.329 e. The number of anilines is 1. The van der Waals surface area contributed by atoms with Gasteiger partial charge in [0.2, 0.25) is 5.91 Å². The highest BCUT2D eigenvalue weighted by Gasteiger charge is 2.35. The molecule has 0 aliphatic carbocycles. The van der Waals surface area contributed by atoms with E-state index in [1.807, 2.05) is 49.4 Å². The summed E-state index contributed by atoms with van der Waals surface area (Å²) in [6.45, 7) is 1.57. The molecule has 39 heavy (non-hydrogen) atoms. The average molecular weight is 531 g/mol. The highest BCUT2D eigenvalue weighted by Crippen LogP contribution is 2.36. The smallest absolute Gasteiger partial charge is 0.329 e. The molecule has 0 atom stereocenters. The first kappa shape index (κ1) is 26.9. The van der Waals surface area contributed by atoms with E-state index >= 15 is 0 Å². The molecule has 0 radical (unpaired) electrons. The summed E-state index contributed by atoms with van der Waals surface area (Å²) in [4.78, 5) is 50.0. The third kappa shape index (κ3) is 6.21. The van der Waals surface area contributed by atoms with E-state index in [2.05, 4.69) is 10.6 Å². The molecule has 11 heteroatoms. The van der Waals surface area contributed by atoms with E-state index in [0.717, 1.165) is 16.0 Å². The fraction of sp³-hybridized carbons (Fsp3) is 0.179. The Balaban J connectivity index is 1.54. The zero-order chi connectivity index (χ0) is 27.9. The largest absolute Gasteiger partial charge is 0.493 e. The lowest BCUT2D eigenvalue weighted by Gasteiger charge is -2.14. The normalized spacial score (nSPS) is 13.8. The van der Waals surface area contributed by atoms with Gasteiger partial charge in [0, 0.05) is 5.69 Å². The number of rotatable bonds is 10. The van der Waals surface area contributed by atoms with Crippen LogP contribution < -0.4 is 20.1 Å². The van der Waals surface area contributed by atoms with E-state index in [1.165, 1.54) is 25.3 Å². The predicted molar refractivity (Wildman–Crippen MR) is 143 cm³/mol. The molecule has 3 aromatic rings. The number of hydrogen-bond donors (Lipinski definition) is 2. The summed E-state index contributed by atoms with van der Waals surface area (Å²) in [6.07, 6.45) is 1.86. The first-order valence-electron chi connectivity index (χ1n) is 12.1. The van der Waals surface area contributed by atoms with Crippen LogP contribution in [0.4, 0.5) is 16.2 Å². The number of nitrogens with zero attached hydrogens (tertiary/aromatic N) is 2. The van der Waals surface area contributed by atoms with Gasteiger partial charge in [-0.05, 0) is 35.8 Å². The van der Waals surface area contributed by atoms with E-state index < -0.39 is 29.3 Å². The first-order chi connectivity index (χ1) is 18.8. The molecule has 0 aromatic heterocycles. The number of urea groups is 1. The summed E-state index contributed by atoms with van der Waals surface area (Å²) < 4.78 is 11.1. The lowest BCUT2D eigenvalue weighted by atomic mass is 10.1. The van der Waals surface area contributed by atoms with E-state index in [9.17, 15) is 24.5 Å². The summed E-state index contributed by atoms with van der Waals surface area (Å²) in [7, 11) is 1.38. The number of hydrogen-bond acceptors (Lipinski definition) is 7. The SMILES string of the molecule is CCc1ccccc1NC(=O)CN1C(=O)N/C(=C/c2cc(OC)c(OCc3ccccc3)cc2[N+](=O)[O-])C1=O. The van der Waals surface area contributed by atoms with Crippen molar-refractivity contribution in [2.75, 3.05) is 19.0 Å². The number of methoxy groups -OCH3 is 1. The number of carbonyl (C=O) groups is 3. The molecule has 11 nitrogen and oxygen atoms in total. The number of aryl methyl sites for hydroxylation is 1. The second kappa shape index (κ2) is 11.9. The summed E-state index contributed by atoms with van der Waals surface area (Å²) in [6, 6.07) is 18.2. The van der Waals surface area contributed by atoms with E-state index in [4.69, 9.17) is 9.47 Å². The monoisotopic (exact) mass is 530 g/mol. The van der Waals surface area contributed by atoms with Gasteiger partial charge >= 0.3 is 6.03 Å². The third-order valence-electron chi connectivity index (χ3n) is 5.98. The molecule has 1 aliphatic heterocycles. The molecule has 4 amide bonds. The summed E-state index contributed by atoms with van der Waals surface area (Å²) in [5, 5.41) is 16.9. The van der Waals surface area contributed by atoms with Gasteiger partial charge in [0.1, 0.15) is 18.8 Å². The molecule has 1 aliphatic rings.